The van der Waals surface area contributed by atoms with Crippen LogP contribution in [0, 0.1) is 6.92 Å². The van der Waals surface area contributed by atoms with Crippen molar-refractivity contribution in [2.45, 2.75) is 39.8 Å². The molecule has 0 aliphatic carbocycles. The van der Waals surface area contributed by atoms with Gasteiger partial charge in [0.1, 0.15) is 0 Å². The first-order chi connectivity index (χ1) is 12.5. The first-order valence-electron chi connectivity index (χ1n) is 8.57. The highest BCUT2D eigenvalue weighted by molar-refractivity contribution is 5.89. The Bertz CT molecular complexity index is 812. The second kappa shape index (κ2) is 9.50. The molecule has 1 heterocycles. The molecule has 0 aliphatic heterocycles. The molecular formula is C19H23N3O4. The Morgan fingerprint density at radius 3 is 2.58 bits per heavy atom. The van der Waals surface area contributed by atoms with Crippen LogP contribution in [0.25, 0.3) is 0 Å². The number of carbonyl (C=O) groups excluding carboxylic acids is 2. The van der Waals surface area contributed by atoms with Gasteiger partial charge in [0, 0.05) is 19.2 Å². The molecule has 1 aromatic carbocycles. The number of benzene rings is 1. The minimum Gasteiger partial charge on any atom is -0.451 e. The summed E-state index contributed by atoms with van der Waals surface area (Å²) in [6.07, 6.45) is 1.69. The fraction of sp³-hybridized carbons (Fsp3) is 0.368. The zero-order valence-electron chi connectivity index (χ0n) is 15.0. The number of aromatic nitrogens is 2. The first-order valence-corrected chi connectivity index (χ1v) is 8.57. The van der Waals surface area contributed by atoms with Gasteiger partial charge in [-0.2, -0.15) is 5.10 Å². The van der Waals surface area contributed by atoms with Gasteiger partial charge in [0.2, 0.25) is 0 Å². The maximum atomic E-state index is 12.0. The molecule has 1 N–H and O–H groups in total. The van der Waals surface area contributed by atoms with Gasteiger partial charge in [0.25, 0.3) is 11.5 Å². The number of hydrogen-bond donors (Lipinski definition) is 1. The third-order valence-electron chi connectivity index (χ3n) is 3.74. The molecule has 0 fully saturated rings. The van der Waals surface area contributed by atoms with Gasteiger partial charge in [0.05, 0.1) is 0 Å². The number of esters is 1. The highest BCUT2D eigenvalue weighted by atomic mass is 16.5. The summed E-state index contributed by atoms with van der Waals surface area (Å²) in [5.41, 5.74) is 1.83. The quantitative estimate of drug-likeness (QED) is 0.728. The lowest BCUT2D eigenvalue weighted by atomic mass is 10.1. The van der Waals surface area contributed by atoms with E-state index >= 15 is 0 Å². The molecule has 0 atom stereocenters. The van der Waals surface area contributed by atoms with Crippen molar-refractivity contribution in [3.05, 3.63) is 63.6 Å². The van der Waals surface area contributed by atoms with E-state index in [9.17, 15) is 14.4 Å². The fourth-order valence-electron chi connectivity index (χ4n) is 2.19. The van der Waals surface area contributed by atoms with Crippen LogP contribution in [0.2, 0.25) is 0 Å². The van der Waals surface area contributed by atoms with Gasteiger partial charge in [-0.25, -0.2) is 9.48 Å². The predicted octanol–water partition coefficient (Wildman–Crippen LogP) is 1.83. The molecule has 2 rings (SSSR count). The van der Waals surface area contributed by atoms with Gasteiger partial charge in [-0.05, 0) is 25.0 Å². The molecule has 0 saturated carbocycles. The van der Waals surface area contributed by atoms with Gasteiger partial charge in [-0.15, -0.1) is 0 Å². The third-order valence-corrected chi connectivity index (χ3v) is 3.74. The van der Waals surface area contributed by atoms with Crippen molar-refractivity contribution in [2.24, 2.45) is 0 Å². The van der Waals surface area contributed by atoms with Crippen LogP contribution in [0.15, 0.2) is 41.2 Å². The standard InChI is InChI=1S/C19H23N3O4/c1-3-4-11-22-18(24)10-9-16(21-22)19(25)26-13-17(23)20-12-15-7-5-14(2)6-8-15/h5-10H,3-4,11-13H2,1-2H3,(H,20,23). The SMILES string of the molecule is CCCCn1nc(C(=O)OCC(=O)NCc2ccc(C)cc2)ccc1=O. The van der Waals surface area contributed by atoms with E-state index in [1.165, 1.54) is 16.8 Å². The van der Waals surface area contributed by atoms with Crippen molar-refractivity contribution in [2.75, 3.05) is 6.61 Å². The fourth-order valence-corrected chi connectivity index (χ4v) is 2.19. The summed E-state index contributed by atoms with van der Waals surface area (Å²) >= 11 is 0. The summed E-state index contributed by atoms with van der Waals surface area (Å²) in [4.78, 5) is 35.5. The van der Waals surface area contributed by atoms with Gasteiger partial charge in [-0.1, -0.05) is 43.2 Å². The van der Waals surface area contributed by atoms with E-state index in [1.807, 2.05) is 38.1 Å². The Kier molecular flexibility index (Phi) is 7.08. The van der Waals surface area contributed by atoms with Gasteiger partial charge in [0.15, 0.2) is 12.3 Å². The van der Waals surface area contributed by atoms with Crippen LogP contribution >= 0.6 is 0 Å². The van der Waals surface area contributed by atoms with Crippen LogP contribution in [-0.4, -0.2) is 28.3 Å². The van der Waals surface area contributed by atoms with Crippen molar-refractivity contribution in [1.29, 1.82) is 0 Å². The lowest BCUT2D eigenvalue weighted by Gasteiger charge is -2.08. The van der Waals surface area contributed by atoms with Crippen molar-refractivity contribution < 1.29 is 14.3 Å². The van der Waals surface area contributed by atoms with Crippen molar-refractivity contribution >= 4 is 11.9 Å². The molecule has 7 nitrogen and oxygen atoms in total. The Morgan fingerprint density at radius 1 is 1.15 bits per heavy atom. The Labute approximate surface area is 152 Å². The third kappa shape index (κ3) is 5.84. The molecule has 0 unspecified atom stereocenters. The van der Waals surface area contributed by atoms with Crippen LogP contribution in [0.1, 0.15) is 41.4 Å². The first kappa shape index (κ1) is 19.4. The van der Waals surface area contributed by atoms with Gasteiger partial charge >= 0.3 is 5.97 Å². The molecule has 0 radical (unpaired) electrons. The highest BCUT2D eigenvalue weighted by Gasteiger charge is 2.13. The minimum atomic E-state index is -0.735. The maximum absolute atomic E-state index is 12.0. The van der Waals surface area contributed by atoms with Crippen LogP contribution < -0.4 is 10.9 Å². The smallest absolute Gasteiger partial charge is 0.359 e. The summed E-state index contributed by atoms with van der Waals surface area (Å²) in [5, 5.41) is 6.67. The predicted molar refractivity (Wildman–Crippen MR) is 96.7 cm³/mol. The average Bonchev–Trinajstić information content (AvgIpc) is 2.65. The number of ether oxygens (including phenoxy) is 1. The molecule has 0 saturated heterocycles. The lowest BCUT2D eigenvalue weighted by Crippen LogP contribution is -2.29. The van der Waals surface area contributed by atoms with E-state index in [0.29, 0.717) is 13.1 Å². The highest BCUT2D eigenvalue weighted by Crippen LogP contribution is 2.02. The zero-order chi connectivity index (χ0) is 18.9. The van der Waals surface area contributed by atoms with E-state index < -0.39 is 18.5 Å². The number of unbranched alkanes of at least 4 members (excludes halogenated alkanes) is 1. The van der Waals surface area contributed by atoms with E-state index in [1.54, 1.807) is 0 Å². The molecule has 0 bridgehead atoms. The Morgan fingerprint density at radius 2 is 1.88 bits per heavy atom. The number of aryl methyl sites for hydroxylation is 2. The van der Waals surface area contributed by atoms with Crippen LogP contribution in [0.5, 0.6) is 0 Å². The zero-order valence-corrected chi connectivity index (χ0v) is 15.0. The number of carbonyl (C=O) groups is 2. The molecule has 1 aromatic heterocycles. The van der Waals surface area contributed by atoms with Crippen LogP contribution in [0.4, 0.5) is 0 Å². The lowest BCUT2D eigenvalue weighted by molar-refractivity contribution is -0.124. The molecule has 0 aliphatic rings. The maximum Gasteiger partial charge on any atom is 0.359 e. The summed E-state index contributed by atoms with van der Waals surface area (Å²) in [7, 11) is 0. The topological polar surface area (TPSA) is 90.3 Å². The second-order valence-electron chi connectivity index (χ2n) is 5.97. The summed E-state index contributed by atoms with van der Waals surface area (Å²) < 4.78 is 6.20. The molecule has 26 heavy (non-hydrogen) atoms. The normalized spacial score (nSPS) is 10.4. The van der Waals surface area contributed by atoms with Gasteiger partial charge < -0.3 is 10.1 Å². The molecule has 2 aromatic rings. The van der Waals surface area contributed by atoms with Crippen LogP contribution in [0.3, 0.4) is 0 Å². The molecule has 7 heteroatoms. The molecular weight excluding hydrogens is 334 g/mol. The largest absolute Gasteiger partial charge is 0.451 e. The number of nitrogens with one attached hydrogen (secondary N) is 1. The molecule has 0 spiro atoms. The number of rotatable bonds is 8. The van der Waals surface area contributed by atoms with E-state index in [2.05, 4.69) is 10.4 Å². The van der Waals surface area contributed by atoms with E-state index in [-0.39, 0.29) is 11.3 Å². The summed E-state index contributed by atoms with van der Waals surface area (Å²) in [6.45, 7) is 4.38. The number of hydrogen-bond acceptors (Lipinski definition) is 5. The number of nitrogens with zero attached hydrogens (tertiary/aromatic N) is 2. The van der Waals surface area contributed by atoms with Crippen molar-refractivity contribution in [1.82, 2.24) is 15.1 Å². The summed E-state index contributed by atoms with van der Waals surface area (Å²) in [5.74, 6) is -1.14. The average molecular weight is 357 g/mol. The second-order valence-corrected chi connectivity index (χ2v) is 5.97. The van der Waals surface area contributed by atoms with Crippen molar-refractivity contribution in [3.8, 4) is 0 Å². The van der Waals surface area contributed by atoms with Crippen molar-refractivity contribution in [3.63, 3.8) is 0 Å². The summed E-state index contributed by atoms with van der Waals surface area (Å²) in [6, 6.07) is 10.3. The molecule has 138 valence electrons. The Hall–Kier alpha value is -2.96. The van der Waals surface area contributed by atoms with Gasteiger partial charge in [-0.3, -0.25) is 9.59 Å². The monoisotopic (exact) mass is 357 g/mol. The minimum absolute atomic E-state index is 0.00652. The molecule has 1 amide bonds. The van der Waals surface area contributed by atoms with E-state index in [4.69, 9.17) is 4.74 Å². The Balaban J connectivity index is 1.84. The van der Waals surface area contributed by atoms with Crippen LogP contribution in [-0.2, 0) is 22.6 Å². The van der Waals surface area contributed by atoms with E-state index in [0.717, 1.165) is 24.0 Å². The number of amides is 1.